The van der Waals surface area contributed by atoms with Gasteiger partial charge >= 0.3 is 0 Å². The third-order valence-electron chi connectivity index (χ3n) is 4.78. The lowest BCUT2D eigenvalue weighted by Gasteiger charge is -2.15. The van der Waals surface area contributed by atoms with E-state index in [-0.39, 0.29) is 11.2 Å². The summed E-state index contributed by atoms with van der Waals surface area (Å²) in [6.07, 6.45) is 0. The number of nitrogens with zero attached hydrogens (tertiary/aromatic N) is 5. The highest BCUT2D eigenvalue weighted by Crippen LogP contribution is 2.27. The summed E-state index contributed by atoms with van der Waals surface area (Å²) in [7, 11) is 0. The number of aryl methyl sites for hydroxylation is 4. The molecule has 0 aliphatic rings. The molecule has 0 aliphatic heterocycles. The normalized spacial score (nSPS) is 12.1. The predicted molar refractivity (Wildman–Crippen MR) is 127 cm³/mol. The fourth-order valence-corrected chi connectivity index (χ4v) is 4.99. The van der Waals surface area contributed by atoms with Gasteiger partial charge in [0.15, 0.2) is 10.3 Å². The van der Waals surface area contributed by atoms with Crippen molar-refractivity contribution in [2.45, 2.75) is 69.4 Å². The molecule has 2 heterocycles. The Hall–Kier alpha value is -2.39. The van der Waals surface area contributed by atoms with Crippen molar-refractivity contribution >= 4 is 35.1 Å². The fourth-order valence-electron chi connectivity index (χ4n) is 3.17. The summed E-state index contributed by atoms with van der Waals surface area (Å²) in [5, 5.41) is 12.9. The summed E-state index contributed by atoms with van der Waals surface area (Å²) in [4.78, 5) is 21.7. The van der Waals surface area contributed by atoms with Crippen molar-refractivity contribution in [1.82, 2.24) is 24.7 Å². The lowest BCUT2D eigenvalue weighted by atomic mass is 10.1. The number of rotatable bonds is 8. The van der Waals surface area contributed by atoms with E-state index in [1.807, 2.05) is 63.5 Å². The molecule has 0 saturated heterocycles. The molecule has 0 saturated carbocycles. The van der Waals surface area contributed by atoms with Gasteiger partial charge in [0.25, 0.3) is 0 Å². The molecule has 3 aromatic rings. The van der Waals surface area contributed by atoms with Crippen molar-refractivity contribution < 1.29 is 4.79 Å². The van der Waals surface area contributed by atoms with Crippen molar-refractivity contribution in [1.29, 1.82) is 0 Å². The zero-order chi connectivity index (χ0) is 22.5. The van der Waals surface area contributed by atoms with Gasteiger partial charge in [-0.25, -0.2) is 9.97 Å². The molecule has 0 fully saturated rings. The van der Waals surface area contributed by atoms with Crippen molar-refractivity contribution in [2.75, 3.05) is 5.32 Å². The van der Waals surface area contributed by atoms with Crippen LogP contribution in [-0.2, 0) is 17.1 Å². The van der Waals surface area contributed by atoms with E-state index in [2.05, 4.69) is 32.4 Å². The molecule has 0 radical (unpaired) electrons. The number of carbonyl (C=O) groups is 1. The standard InChI is InChI=1S/C22H28N6OS2/c1-7-28-18(12-30-21-23-15(4)11-16(5)24-21)26-27-22(28)31-17(6)20(29)25-19-13(2)9-8-10-14(19)3/h8-11,17H,7,12H2,1-6H3,(H,25,29). The maximum absolute atomic E-state index is 12.8. The molecule has 1 aromatic carbocycles. The van der Waals surface area contributed by atoms with E-state index in [4.69, 9.17) is 0 Å². The van der Waals surface area contributed by atoms with Gasteiger partial charge in [0.1, 0.15) is 5.82 Å². The van der Waals surface area contributed by atoms with E-state index < -0.39 is 0 Å². The number of anilines is 1. The van der Waals surface area contributed by atoms with Gasteiger partial charge < -0.3 is 9.88 Å². The van der Waals surface area contributed by atoms with Crippen LogP contribution in [0.3, 0.4) is 0 Å². The second kappa shape index (κ2) is 10.3. The van der Waals surface area contributed by atoms with Gasteiger partial charge in [-0.2, -0.15) is 0 Å². The molecule has 9 heteroatoms. The first-order chi connectivity index (χ1) is 14.8. The molecule has 0 bridgehead atoms. The third kappa shape index (κ3) is 5.86. The largest absolute Gasteiger partial charge is 0.325 e. The van der Waals surface area contributed by atoms with Crippen LogP contribution in [0.25, 0.3) is 0 Å². The number of benzene rings is 1. The number of carbonyl (C=O) groups excluding carboxylic acids is 1. The maximum atomic E-state index is 12.8. The van der Waals surface area contributed by atoms with Crippen molar-refractivity contribution in [3.8, 4) is 0 Å². The van der Waals surface area contributed by atoms with E-state index >= 15 is 0 Å². The molecule has 0 aliphatic carbocycles. The third-order valence-corrected chi connectivity index (χ3v) is 6.71. The molecule has 31 heavy (non-hydrogen) atoms. The quantitative estimate of drug-likeness (QED) is 0.387. The van der Waals surface area contributed by atoms with Crippen LogP contribution < -0.4 is 5.32 Å². The van der Waals surface area contributed by atoms with Crippen LogP contribution in [0.1, 0.15) is 42.2 Å². The average molecular weight is 457 g/mol. The number of amides is 1. The van der Waals surface area contributed by atoms with Crippen LogP contribution in [-0.4, -0.2) is 35.9 Å². The van der Waals surface area contributed by atoms with Gasteiger partial charge in [-0.3, -0.25) is 4.79 Å². The fraction of sp³-hybridized carbons (Fsp3) is 0.409. The molecule has 164 valence electrons. The van der Waals surface area contributed by atoms with E-state index in [0.29, 0.717) is 5.75 Å². The molecule has 1 atom stereocenters. The Bertz CT molecular complexity index is 1040. The minimum absolute atomic E-state index is 0.0485. The van der Waals surface area contributed by atoms with Gasteiger partial charge in [0.05, 0.1) is 11.0 Å². The zero-order valence-electron chi connectivity index (χ0n) is 18.8. The lowest BCUT2D eigenvalue weighted by Crippen LogP contribution is -2.24. The molecule has 1 N–H and O–H groups in total. The number of thioether (sulfide) groups is 2. The molecule has 2 aromatic heterocycles. The highest BCUT2D eigenvalue weighted by molar-refractivity contribution is 8.00. The topological polar surface area (TPSA) is 85.6 Å². The summed E-state index contributed by atoms with van der Waals surface area (Å²) in [5.41, 5.74) is 4.88. The Morgan fingerprint density at radius 3 is 2.35 bits per heavy atom. The summed E-state index contributed by atoms with van der Waals surface area (Å²) < 4.78 is 2.04. The first-order valence-corrected chi connectivity index (χ1v) is 12.1. The smallest absolute Gasteiger partial charge is 0.237 e. The summed E-state index contributed by atoms with van der Waals surface area (Å²) >= 11 is 2.96. The van der Waals surface area contributed by atoms with Crippen LogP contribution in [0, 0.1) is 27.7 Å². The average Bonchev–Trinajstić information content (AvgIpc) is 3.09. The minimum Gasteiger partial charge on any atom is -0.325 e. The maximum Gasteiger partial charge on any atom is 0.237 e. The van der Waals surface area contributed by atoms with Gasteiger partial charge in [0.2, 0.25) is 5.91 Å². The predicted octanol–water partition coefficient (Wildman–Crippen LogP) is 4.73. The van der Waals surface area contributed by atoms with Crippen LogP contribution in [0.2, 0.25) is 0 Å². The number of hydrogen-bond donors (Lipinski definition) is 1. The number of nitrogens with one attached hydrogen (secondary N) is 1. The van der Waals surface area contributed by atoms with E-state index in [9.17, 15) is 4.79 Å². The molecule has 3 rings (SSSR count). The van der Waals surface area contributed by atoms with Crippen molar-refractivity contribution in [3.05, 3.63) is 52.6 Å². The zero-order valence-corrected chi connectivity index (χ0v) is 20.4. The molecule has 1 unspecified atom stereocenters. The Labute approximate surface area is 191 Å². The number of aromatic nitrogens is 5. The van der Waals surface area contributed by atoms with E-state index in [0.717, 1.165) is 50.9 Å². The van der Waals surface area contributed by atoms with E-state index in [1.165, 1.54) is 11.8 Å². The number of hydrogen-bond acceptors (Lipinski definition) is 7. The lowest BCUT2D eigenvalue weighted by molar-refractivity contribution is -0.115. The van der Waals surface area contributed by atoms with Crippen LogP contribution in [0.4, 0.5) is 5.69 Å². The molecule has 7 nitrogen and oxygen atoms in total. The first kappa shape index (κ1) is 23.3. The second-order valence-corrected chi connectivity index (χ2v) is 9.63. The Kier molecular flexibility index (Phi) is 7.72. The molecular weight excluding hydrogens is 428 g/mol. The Balaban J connectivity index is 1.67. The van der Waals surface area contributed by atoms with Gasteiger partial charge in [-0.05, 0) is 58.7 Å². The molecule has 1 amide bonds. The SMILES string of the molecule is CCn1c(CSc2nc(C)cc(C)n2)nnc1SC(C)C(=O)Nc1c(C)cccc1C. The highest BCUT2D eigenvalue weighted by Gasteiger charge is 2.21. The van der Waals surface area contributed by atoms with Crippen LogP contribution >= 0.6 is 23.5 Å². The Morgan fingerprint density at radius 2 is 1.74 bits per heavy atom. The van der Waals surface area contributed by atoms with Crippen LogP contribution in [0.15, 0.2) is 34.6 Å². The van der Waals surface area contributed by atoms with Gasteiger partial charge in [0, 0.05) is 23.6 Å². The van der Waals surface area contributed by atoms with Crippen molar-refractivity contribution in [2.24, 2.45) is 0 Å². The minimum atomic E-state index is -0.309. The van der Waals surface area contributed by atoms with Crippen LogP contribution in [0.5, 0.6) is 0 Å². The summed E-state index contributed by atoms with van der Waals surface area (Å²) in [6, 6.07) is 7.94. The first-order valence-electron chi connectivity index (χ1n) is 10.2. The summed E-state index contributed by atoms with van der Waals surface area (Å²) in [5.74, 6) is 1.42. The summed E-state index contributed by atoms with van der Waals surface area (Å²) in [6.45, 7) is 12.6. The van der Waals surface area contributed by atoms with Crippen molar-refractivity contribution in [3.63, 3.8) is 0 Å². The monoisotopic (exact) mass is 456 g/mol. The number of para-hydroxylation sites is 1. The molecule has 0 spiro atoms. The Morgan fingerprint density at radius 1 is 1.10 bits per heavy atom. The van der Waals surface area contributed by atoms with Gasteiger partial charge in [-0.1, -0.05) is 41.7 Å². The van der Waals surface area contributed by atoms with Gasteiger partial charge in [-0.15, -0.1) is 10.2 Å². The molecular formula is C22H28N6OS2. The second-order valence-electron chi connectivity index (χ2n) is 7.38. The van der Waals surface area contributed by atoms with E-state index in [1.54, 1.807) is 11.8 Å². The highest BCUT2D eigenvalue weighted by atomic mass is 32.2.